The Morgan fingerprint density at radius 1 is 1.17 bits per heavy atom. The third-order valence-electron chi connectivity index (χ3n) is 5.39. The summed E-state index contributed by atoms with van der Waals surface area (Å²) in [4.78, 5) is 12.7. The molecule has 1 heterocycles. The van der Waals surface area contributed by atoms with Crippen molar-refractivity contribution in [3.05, 3.63) is 35.2 Å². The molecule has 2 aromatic rings. The highest BCUT2D eigenvalue weighted by Gasteiger charge is 2.39. The molecule has 4 rings (SSSR count). The van der Waals surface area contributed by atoms with Crippen molar-refractivity contribution < 1.29 is 4.79 Å². The van der Waals surface area contributed by atoms with Crippen molar-refractivity contribution in [1.29, 1.82) is 0 Å². The predicted octanol–water partition coefficient (Wildman–Crippen LogP) is 3.96. The first kappa shape index (κ1) is 16.7. The van der Waals surface area contributed by atoms with Crippen LogP contribution in [-0.4, -0.2) is 18.0 Å². The van der Waals surface area contributed by atoms with Gasteiger partial charge in [-0.15, -0.1) is 23.7 Å². The zero-order valence-electron chi connectivity index (χ0n) is 13.0. The van der Waals surface area contributed by atoms with Crippen LogP contribution in [0.4, 0.5) is 0 Å². The summed E-state index contributed by atoms with van der Waals surface area (Å²) < 4.78 is 1.23. The second kappa shape index (κ2) is 6.80. The molecule has 2 atom stereocenters. The van der Waals surface area contributed by atoms with Gasteiger partial charge in [0.25, 0.3) is 5.91 Å². The highest BCUT2D eigenvalue weighted by molar-refractivity contribution is 7.17. The minimum absolute atomic E-state index is 0. The third kappa shape index (κ3) is 3.25. The van der Waals surface area contributed by atoms with Gasteiger partial charge in [-0.25, -0.2) is 0 Å². The standard InChI is InChI=1S/C18H22N2OS.ClH/c19-15-9-12-2-1-3-13(10-15)17(12)20-18(21)14-4-5-16-11(8-14)6-7-22-16;/h4-8,12-13,15,17H,1-3,9-10,19H2,(H,20,21);1H. The molecular weight excluding hydrogens is 328 g/mol. The van der Waals surface area contributed by atoms with E-state index in [1.54, 1.807) is 11.3 Å². The minimum atomic E-state index is 0. The molecular formula is C18H23ClN2OS. The summed E-state index contributed by atoms with van der Waals surface area (Å²) in [5.74, 6) is 1.21. The first-order valence-corrected chi connectivity index (χ1v) is 9.12. The lowest BCUT2D eigenvalue weighted by atomic mass is 9.67. The van der Waals surface area contributed by atoms with Crippen LogP contribution in [0.25, 0.3) is 10.1 Å². The molecule has 2 unspecified atom stereocenters. The van der Waals surface area contributed by atoms with Crippen molar-refractivity contribution >= 4 is 39.7 Å². The highest BCUT2D eigenvalue weighted by atomic mass is 35.5. The number of nitrogens with two attached hydrogens (primary N) is 1. The maximum absolute atomic E-state index is 12.7. The summed E-state index contributed by atoms with van der Waals surface area (Å²) in [6.07, 6.45) is 5.82. The van der Waals surface area contributed by atoms with Gasteiger partial charge in [-0.1, -0.05) is 6.42 Å². The third-order valence-corrected chi connectivity index (χ3v) is 6.29. The van der Waals surface area contributed by atoms with Gasteiger partial charge in [-0.05, 0) is 72.6 Å². The maximum Gasteiger partial charge on any atom is 0.251 e. The molecule has 2 aliphatic carbocycles. The Hall–Kier alpha value is -1.10. The van der Waals surface area contributed by atoms with E-state index >= 15 is 0 Å². The number of nitrogens with one attached hydrogen (secondary N) is 1. The van der Waals surface area contributed by atoms with Gasteiger partial charge in [0.15, 0.2) is 0 Å². The van der Waals surface area contributed by atoms with Crippen molar-refractivity contribution in [2.45, 2.75) is 44.2 Å². The van der Waals surface area contributed by atoms with Crippen LogP contribution in [0, 0.1) is 11.8 Å². The molecule has 0 aliphatic heterocycles. The first-order chi connectivity index (χ1) is 10.7. The van der Waals surface area contributed by atoms with Crippen LogP contribution in [0.1, 0.15) is 42.5 Å². The van der Waals surface area contributed by atoms with Crippen LogP contribution in [0.5, 0.6) is 0 Å². The SMILES string of the molecule is Cl.NC1CC2CCCC(C1)C2NC(=O)c1ccc2sccc2c1. The van der Waals surface area contributed by atoms with E-state index in [9.17, 15) is 4.79 Å². The van der Waals surface area contributed by atoms with E-state index in [0.717, 1.165) is 23.8 Å². The fourth-order valence-corrected chi connectivity index (χ4v) is 5.14. The van der Waals surface area contributed by atoms with Crippen molar-refractivity contribution in [2.75, 3.05) is 0 Å². The van der Waals surface area contributed by atoms with Crippen LogP contribution in [0.2, 0.25) is 0 Å². The predicted molar refractivity (Wildman–Crippen MR) is 98.4 cm³/mol. The number of carbonyl (C=O) groups excluding carboxylic acids is 1. The monoisotopic (exact) mass is 350 g/mol. The number of benzene rings is 1. The number of hydrogen-bond acceptors (Lipinski definition) is 3. The summed E-state index contributed by atoms with van der Waals surface area (Å²) in [6, 6.07) is 8.71. The Balaban J connectivity index is 0.00000156. The molecule has 0 spiro atoms. The van der Waals surface area contributed by atoms with E-state index in [1.807, 2.05) is 18.2 Å². The summed E-state index contributed by atoms with van der Waals surface area (Å²) >= 11 is 1.71. The van der Waals surface area contributed by atoms with E-state index in [-0.39, 0.29) is 18.3 Å². The Bertz CT molecular complexity index is 687. The molecule has 2 saturated carbocycles. The fraction of sp³-hybridized carbons (Fsp3) is 0.500. The highest BCUT2D eigenvalue weighted by Crippen LogP contribution is 2.39. The molecule has 124 valence electrons. The lowest BCUT2D eigenvalue weighted by Gasteiger charge is -2.45. The van der Waals surface area contributed by atoms with Crippen molar-refractivity contribution in [1.82, 2.24) is 5.32 Å². The Morgan fingerprint density at radius 2 is 1.91 bits per heavy atom. The van der Waals surface area contributed by atoms with Gasteiger partial charge in [0.1, 0.15) is 0 Å². The van der Waals surface area contributed by atoms with Gasteiger partial charge in [-0.3, -0.25) is 4.79 Å². The Morgan fingerprint density at radius 3 is 2.65 bits per heavy atom. The summed E-state index contributed by atoms with van der Waals surface area (Å²) in [5, 5.41) is 6.55. The molecule has 3 N–H and O–H groups in total. The van der Waals surface area contributed by atoms with E-state index in [0.29, 0.717) is 23.9 Å². The normalized spacial score (nSPS) is 29.8. The van der Waals surface area contributed by atoms with Crippen LogP contribution in [0.3, 0.4) is 0 Å². The molecule has 1 aromatic carbocycles. The molecule has 1 aromatic heterocycles. The van der Waals surface area contributed by atoms with Crippen LogP contribution in [-0.2, 0) is 0 Å². The van der Waals surface area contributed by atoms with E-state index in [2.05, 4.69) is 16.8 Å². The molecule has 2 aliphatic rings. The van der Waals surface area contributed by atoms with Gasteiger partial charge in [0.2, 0.25) is 0 Å². The van der Waals surface area contributed by atoms with Crippen LogP contribution >= 0.6 is 23.7 Å². The van der Waals surface area contributed by atoms with Gasteiger partial charge in [-0.2, -0.15) is 0 Å². The van der Waals surface area contributed by atoms with Gasteiger partial charge >= 0.3 is 0 Å². The average molecular weight is 351 g/mol. The molecule has 0 radical (unpaired) electrons. The molecule has 3 nitrogen and oxygen atoms in total. The lowest BCUT2D eigenvalue weighted by Crippen LogP contribution is -2.53. The van der Waals surface area contributed by atoms with Crippen molar-refractivity contribution in [3.63, 3.8) is 0 Å². The Labute approximate surface area is 147 Å². The van der Waals surface area contributed by atoms with E-state index in [4.69, 9.17) is 5.73 Å². The molecule has 1 amide bonds. The number of hydrogen-bond donors (Lipinski definition) is 2. The second-order valence-corrected chi connectivity index (χ2v) is 7.80. The van der Waals surface area contributed by atoms with E-state index < -0.39 is 0 Å². The van der Waals surface area contributed by atoms with Gasteiger partial charge in [0, 0.05) is 22.3 Å². The number of fused-ring (bicyclic) bond motifs is 3. The smallest absolute Gasteiger partial charge is 0.251 e. The van der Waals surface area contributed by atoms with E-state index in [1.165, 1.54) is 24.0 Å². The number of thiophene rings is 1. The summed E-state index contributed by atoms with van der Waals surface area (Å²) in [5.41, 5.74) is 6.94. The largest absolute Gasteiger partial charge is 0.349 e. The summed E-state index contributed by atoms with van der Waals surface area (Å²) in [7, 11) is 0. The number of halogens is 1. The lowest BCUT2D eigenvalue weighted by molar-refractivity contribution is 0.0756. The van der Waals surface area contributed by atoms with Crippen LogP contribution in [0.15, 0.2) is 29.6 Å². The molecule has 2 fully saturated rings. The summed E-state index contributed by atoms with van der Waals surface area (Å²) in [6.45, 7) is 0. The quantitative estimate of drug-likeness (QED) is 0.861. The number of carbonyl (C=O) groups is 1. The van der Waals surface area contributed by atoms with Crippen LogP contribution < -0.4 is 11.1 Å². The van der Waals surface area contributed by atoms with Crippen molar-refractivity contribution in [2.24, 2.45) is 17.6 Å². The molecule has 23 heavy (non-hydrogen) atoms. The molecule has 2 bridgehead atoms. The fourth-order valence-electron chi connectivity index (χ4n) is 4.37. The maximum atomic E-state index is 12.7. The topological polar surface area (TPSA) is 55.1 Å². The Kier molecular flexibility index (Phi) is 4.95. The zero-order chi connectivity index (χ0) is 15.1. The first-order valence-electron chi connectivity index (χ1n) is 8.24. The minimum Gasteiger partial charge on any atom is -0.349 e. The number of amides is 1. The average Bonchev–Trinajstić information content (AvgIpc) is 2.95. The molecule has 5 heteroatoms. The van der Waals surface area contributed by atoms with Gasteiger partial charge < -0.3 is 11.1 Å². The number of rotatable bonds is 2. The molecule has 0 saturated heterocycles. The second-order valence-electron chi connectivity index (χ2n) is 6.85. The zero-order valence-corrected chi connectivity index (χ0v) is 14.7. The van der Waals surface area contributed by atoms with Gasteiger partial charge in [0.05, 0.1) is 0 Å². The van der Waals surface area contributed by atoms with Crippen molar-refractivity contribution in [3.8, 4) is 0 Å².